The van der Waals surface area contributed by atoms with E-state index >= 15 is 0 Å². The smallest absolute Gasteiger partial charge is 0.235 e. The number of nitrogens with one attached hydrogen (secondary N) is 1. The molecular weight excluding hydrogens is 222 g/mol. The van der Waals surface area contributed by atoms with Crippen LogP contribution < -0.4 is 4.72 Å². The Balaban J connectivity index is 2.10. The molecule has 1 aliphatic carbocycles. The van der Waals surface area contributed by atoms with Crippen LogP contribution in [0.1, 0.15) is 25.3 Å². The van der Waals surface area contributed by atoms with Crippen molar-refractivity contribution in [3.05, 3.63) is 35.9 Å². The first kappa shape index (κ1) is 11.2. The van der Waals surface area contributed by atoms with Gasteiger partial charge in [-0.25, -0.2) is 8.42 Å². The third-order valence-corrected chi connectivity index (χ3v) is 4.36. The molecular formula is C12H15NO2S. The molecule has 1 fully saturated rings. The average molecular weight is 237 g/mol. The summed E-state index contributed by atoms with van der Waals surface area (Å²) in [5.41, 5.74) is 1.71. The second-order valence-electron chi connectivity index (χ2n) is 3.97. The lowest BCUT2D eigenvalue weighted by Crippen LogP contribution is -2.17. The molecule has 86 valence electrons. The van der Waals surface area contributed by atoms with Crippen LogP contribution >= 0.6 is 0 Å². The molecule has 0 amide bonds. The van der Waals surface area contributed by atoms with Crippen molar-refractivity contribution in [2.75, 3.05) is 4.72 Å². The summed E-state index contributed by atoms with van der Waals surface area (Å²) in [6.45, 7) is 1.95. The molecule has 1 aromatic rings. The molecule has 1 saturated carbocycles. The molecule has 16 heavy (non-hydrogen) atoms. The molecule has 3 nitrogen and oxygen atoms in total. The Hall–Kier alpha value is -1.29. The van der Waals surface area contributed by atoms with E-state index in [9.17, 15) is 8.42 Å². The molecule has 0 saturated heterocycles. The zero-order valence-corrected chi connectivity index (χ0v) is 10.00. The Morgan fingerprint density at radius 1 is 1.25 bits per heavy atom. The van der Waals surface area contributed by atoms with Gasteiger partial charge in [0.25, 0.3) is 0 Å². The van der Waals surface area contributed by atoms with Crippen molar-refractivity contribution >= 4 is 21.8 Å². The van der Waals surface area contributed by atoms with Crippen molar-refractivity contribution in [2.24, 2.45) is 0 Å². The molecule has 0 bridgehead atoms. The highest BCUT2D eigenvalue weighted by Gasteiger charge is 2.35. The zero-order valence-electron chi connectivity index (χ0n) is 9.18. The third-order valence-electron chi connectivity index (χ3n) is 2.49. The zero-order chi connectivity index (χ0) is 11.6. The van der Waals surface area contributed by atoms with Gasteiger partial charge in [0, 0.05) is 5.69 Å². The third kappa shape index (κ3) is 2.64. The van der Waals surface area contributed by atoms with Crippen LogP contribution in [0.2, 0.25) is 0 Å². The van der Waals surface area contributed by atoms with Crippen molar-refractivity contribution < 1.29 is 8.42 Å². The SMILES string of the molecule is C/C=C/c1ccc(NS(=O)(=O)C2CC2)cc1. The minimum Gasteiger partial charge on any atom is -0.283 e. The van der Waals surface area contributed by atoms with Crippen LogP contribution in [0.25, 0.3) is 6.08 Å². The maximum absolute atomic E-state index is 11.6. The molecule has 0 aromatic heterocycles. The van der Waals surface area contributed by atoms with E-state index in [1.54, 1.807) is 12.1 Å². The Labute approximate surface area is 96.2 Å². The molecule has 1 aromatic carbocycles. The predicted molar refractivity (Wildman–Crippen MR) is 66.7 cm³/mol. The molecule has 0 atom stereocenters. The van der Waals surface area contributed by atoms with Gasteiger partial charge in [-0.05, 0) is 37.5 Å². The van der Waals surface area contributed by atoms with E-state index in [1.807, 2.05) is 31.2 Å². The summed E-state index contributed by atoms with van der Waals surface area (Å²) in [6.07, 6.45) is 5.49. The molecule has 0 spiro atoms. The van der Waals surface area contributed by atoms with Gasteiger partial charge in [-0.1, -0.05) is 24.3 Å². The van der Waals surface area contributed by atoms with E-state index < -0.39 is 10.0 Å². The molecule has 0 heterocycles. The maximum atomic E-state index is 11.6. The molecule has 0 aliphatic heterocycles. The van der Waals surface area contributed by atoms with Crippen LogP contribution in [0.15, 0.2) is 30.3 Å². The van der Waals surface area contributed by atoms with Gasteiger partial charge in [0.2, 0.25) is 10.0 Å². The lowest BCUT2D eigenvalue weighted by atomic mass is 10.2. The van der Waals surface area contributed by atoms with Crippen LogP contribution in [0.5, 0.6) is 0 Å². The lowest BCUT2D eigenvalue weighted by Gasteiger charge is -2.06. The fourth-order valence-corrected chi connectivity index (χ4v) is 2.87. The summed E-state index contributed by atoms with van der Waals surface area (Å²) < 4.78 is 25.9. The van der Waals surface area contributed by atoms with E-state index in [-0.39, 0.29) is 5.25 Å². The molecule has 0 radical (unpaired) electrons. The maximum Gasteiger partial charge on any atom is 0.235 e. The predicted octanol–water partition coefficient (Wildman–Crippen LogP) is 2.62. The van der Waals surface area contributed by atoms with Crippen molar-refractivity contribution in [1.82, 2.24) is 0 Å². The summed E-state index contributed by atoms with van der Waals surface area (Å²) in [6, 6.07) is 7.36. The monoisotopic (exact) mass is 237 g/mol. The van der Waals surface area contributed by atoms with Crippen LogP contribution in [0, 0.1) is 0 Å². The Bertz CT molecular complexity index is 484. The minimum absolute atomic E-state index is 0.178. The number of hydrogen-bond donors (Lipinski definition) is 1. The highest BCUT2D eigenvalue weighted by molar-refractivity contribution is 7.93. The van der Waals surface area contributed by atoms with Crippen molar-refractivity contribution in [2.45, 2.75) is 25.0 Å². The van der Waals surface area contributed by atoms with E-state index in [4.69, 9.17) is 0 Å². The number of allylic oxidation sites excluding steroid dienone is 1. The summed E-state index contributed by atoms with van der Waals surface area (Å²) in [5, 5.41) is -0.178. The highest BCUT2D eigenvalue weighted by atomic mass is 32.2. The topological polar surface area (TPSA) is 46.2 Å². The summed E-state index contributed by atoms with van der Waals surface area (Å²) in [7, 11) is -3.13. The summed E-state index contributed by atoms with van der Waals surface area (Å²) in [5.74, 6) is 0. The fraction of sp³-hybridized carbons (Fsp3) is 0.333. The van der Waals surface area contributed by atoms with Gasteiger partial charge in [0.05, 0.1) is 5.25 Å². The first-order chi connectivity index (χ1) is 7.62. The first-order valence-electron chi connectivity index (χ1n) is 5.36. The van der Waals surface area contributed by atoms with Gasteiger partial charge in [-0.15, -0.1) is 0 Å². The van der Waals surface area contributed by atoms with Gasteiger partial charge in [-0.3, -0.25) is 4.72 Å². The number of anilines is 1. The van der Waals surface area contributed by atoms with Gasteiger partial charge < -0.3 is 0 Å². The van der Waals surface area contributed by atoms with Crippen LogP contribution in [-0.4, -0.2) is 13.7 Å². The summed E-state index contributed by atoms with van der Waals surface area (Å²) >= 11 is 0. The van der Waals surface area contributed by atoms with Gasteiger partial charge in [0.15, 0.2) is 0 Å². The Morgan fingerprint density at radius 2 is 1.88 bits per heavy atom. The van der Waals surface area contributed by atoms with Crippen LogP contribution in [-0.2, 0) is 10.0 Å². The minimum atomic E-state index is -3.13. The highest BCUT2D eigenvalue weighted by Crippen LogP contribution is 2.29. The number of sulfonamides is 1. The second-order valence-corrected chi connectivity index (χ2v) is 5.93. The normalized spacial score (nSPS) is 16.6. The average Bonchev–Trinajstić information content (AvgIpc) is 3.04. The van der Waals surface area contributed by atoms with Gasteiger partial charge in [-0.2, -0.15) is 0 Å². The van der Waals surface area contributed by atoms with E-state index in [1.165, 1.54) is 0 Å². The quantitative estimate of drug-likeness (QED) is 0.875. The van der Waals surface area contributed by atoms with Crippen LogP contribution in [0.3, 0.4) is 0 Å². The number of benzene rings is 1. The summed E-state index contributed by atoms with van der Waals surface area (Å²) in [4.78, 5) is 0. The van der Waals surface area contributed by atoms with Crippen LogP contribution in [0.4, 0.5) is 5.69 Å². The van der Waals surface area contributed by atoms with E-state index in [2.05, 4.69) is 4.72 Å². The molecule has 1 aliphatic rings. The van der Waals surface area contributed by atoms with Gasteiger partial charge in [0.1, 0.15) is 0 Å². The molecule has 4 heteroatoms. The second kappa shape index (κ2) is 4.29. The molecule has 2 rings (SSSR count). The van der Waals surface area contributed by atoms with E-state index in [0.717, 1.165) is 18.4 Å². The van der Waals surface area contributed by atoms with Gasteiger partial charge >= 0.3 is 0 Å². The number of hydrogen-bond acceptors (Lipinski definition) is 2. The lowest BCUT2D eigenvalue weighted by molar-refractivity contribution is 0.600. The first-order valence-corrected chi connectivity index (χ1v) is 6.91. The van der Waals surface area contributed by atoms with E-state index in [0.29, 0.717) is 5.69 Å². The van der Waals surface area contributed by atoms with Crippen molar-refractivity contribution in [3.63, 3.8) is 0 Å². The number of rotatable bonds is 4. The largest absolute Gasteiger partial charge is 0.283 e. The standard InChI is InChI=1S/C12H15NO2S/c1-2-3-10-4-6-11(7-5-10)13-16(14,15)12-8-9-12/h2-7,12-13H,8-9H2,1H3/b3-2+. The fourth-order valence-electron chi connectivity index (χ4n) is 1.48. The molecule has 1 N–H and O–H groups in total. The Morgan fingerprint density at radius 3 is 2.38 bits per heavy atom. The van der Waals surface area contributed by atoms with Crippen molar-refractivity contribution in [3.8, 4) is 0 Å². The van der Waals surface area contributed by atoms with Crippen molar-refractivity contribution in [1.29, 1.82) is 0 Å². The molecule has 0 unspecified atom stereocenters. The Kier molecular flexibility index (Phi) is 3.01.